The second-order valence-electron chi connectivity index (χ2n) is 18.8. The highest BCUT2D eigenvalue weighted by Gasteiger charge is 2.28. The van der Waals surface area contributed by atoms with Crippen LogP contribution in [0.5, 0.6) is 0 Å². The Kier molecular flexibility index (Phi) is 10.1. The van der Waals surface area contributed by atoms with Gasteiger partial charge in [-0.15, -0.1) is 12.6 Å². The predicted molar refractivity (Wildman–Crippen MR) is 265 cm³/mol. The molecule has 0 N–H and O–H groups in total. The third kappa shape index (κ3) is 7.47. The molecule has 0 aliphatic rings. The Bertz CT molecular complexity index is 2970. The van der Waals surface area contributed by atoms with Crippen LogP contribution in [0.4, 0.5) is 34.1 Å². The Morgan fingerprint density at radius 3 is 1.37 bits per heavy atom. The number of para-hydroxylation sites is 1. The minimum Gasteiger partial charge on any atom is -0.310 e. The normalized spacial score (nSPS) is 12.2. The molecule has 0 amide bonds. The van der Waals surface area contributed by atoms with Gasteiger partial charge in [0.15, 0.2) is 0 Å². The van der Waals surface area contributed by atoms with Crippen molar-refractivity contribution in [2.75, 3.05) is 9.80 Å². The molecule has 8 rings (SSSR count). The molecule has 0 atom stereocenters. The van der Waals surface area contributed by atoms with Gasteiger partial charge in [-0.2, -0.15) is 10.5 Å². The molecule has 292 valence electrons. The van der Waals surface area contributed by atoms with Gasteiger partial charge < -0.3 is 9.80 Å². The number of anilines is 6. The number of hydrogen-bond donors (Lipinski definition) is 1. The third-order valence-corrected chi connectivity index (χ3v) is 17.9. The number of nitrogens with zero attached hydrogens (tertiary/aromatic N) is 4. The quantitative estimate of drug-likeness (QED) is 0.0894. The molecule has 0 unspecified atom stereocenters. The van der Waals surface area contributed by atoms with Crippen molar-refractivity contribution in [3.63, 3.8) is 0 Å². The van der Waals surface area contributed by atoms with Crippen LogP contribution in [0.15, 0.2) is 138 Å². The van der Waals surface area contributed by atoms with E-state index in [2.05, 4.69) is 196 Å². The second kappa shape index (κ2) is 14.9. The fraction of sp³-hybridized carbons (Fsp3) is 0.176. The fourth-order valence-corrected chi connectivity index (χ4v) is 12.3. The van der Waals surface area contributed by atoms with Crippen molar-refractivity contribution < 1.29 is 0 Å². The molecular weight excluding hydrogens is 785 g/mol. The van der Waals surface area contributed by atoms with E-state index in [1.165, 1.54) is 42.8 Å². The average molecular weight is 835 g/mol. The van der Waals surface area contributed by atoms with E-state index in [0.29, 0.717) is 11.1 Å². The summed E-state index contributed by atoms with van der Waals surface area (Å²) in [7, 11) is -5.11. The molecule has 0 fully saturated rings. The first-order valence-corrected chi connectivity index (χ1v) is 31.2. The average Bonchev–Trinajstić information content (AvgIpc) is 3.20. The summed E-state index contributed by atoms with van der Waals surface area (Å²) in [5, 5.41) is 31.3. The molecule has 59 heavy (non-hydrogen) atoms. The zero-order valence-electron chi connectivity index (χ0n) is 35.4. The van der Waals surface area contributed by atoms with Crippen molar-refractivity contribution in [2.45, 2.75) is 63.8 Å². The summed E-state index contributed by atoms with van der Waals surface area (Å²) >= 11 is 4.93. The monoisotopic (exact) mass is 834 g/mol. The number of benzene rings is 8. The highest BCUT2D eigenvalue weighted by Crippen LogP contribution is 2.47. The van der Waals surface area contributed by atoms with Gasteiger partial charge in [-0.3, -0.25) is 0 Å². The number of rotatable bonds is 9. The summed E-state index contributed by atoms with van der Waals surface area (Å²) in [6.45, 7) is 21.7. The topological polar surface area (TPSA) is 54.1 Å². The van der Waals surface area contributed by atoms with Crippen LogP contribution in [-0.4, -0.2) is 24.2 Å². The predicted octanol–water partition coefficient (Wildman–Crippen LogP) is 13.2. The zero-order valence-corrected chi connectivity index (χ0v) is 39.3. The van der Waals surface area contributed by atoms with Gasteiger partial charge in [-0.25, -0.2) is 0 Å². The minimum atomic E-state index is -1.76. The molecule has 0 heterocycles. The van der Waals surface area contributed by atoms with E-state index in [-0.39, 0.29) is 0 Å². The van der Waals surface area contributed by atoms with E-state index in [1.807, 2.05) is 12.1 Å². The molecular formula is C51H50N4SSi3. The maximum absolute atomic E-state index is 10.2. The van der Waals surface area contributed by atoms with Crippen molar-refractivity contribution in [1.82, 2.24) is 0 Å². The van der Waals surface area contributed by atoms with Crippen LogP contribution in [0.25, 0.3) is 32.3 Å². The lowest BCUT2D eigenvalue weighted by molar-refractivity contribution is 1.27. The lowest BCUT2D eigenvalue weighted by Crippen LogP contribution is -2.45. The van der Waals surface area contributed by atoms with Gasteiger partial charge in [0.2, 0.25) is 0 Å². The minimum absolute atomic E-state index is 0.348. The summed E-state index contributed by atoms with van der Waals surface area (Å²) in [5.41, 5.74) is 6.96. The van der Waals surface area contributed by atoms with Crippen LogP contribution in [0.2, 0.25) is 58.9 Å². The maximum atomic E-state index is 10.2. The Morgan fingerprint density at radius 2 is 0.881 bits per heavy atom. The van der Waals surface area contributed by atoms with Gasteiger partial charge in [0.25, 0.3) is 0 Å². The standard InChI is InChI=1S/C51H50N4SSi3/c1-57(2,3)43-27-40(26-42(56)30-43)55(39-20-15-36(32-52)37(25-39)33-53)49-24-19-35-16-21-46-48(23-18-34-17-22-47(49)51(35)50(34)46)54(38-13-11-10-12-14-38)41-28-44(58(4,5)6)31-45(29-41)59(7,8)9/h10-31,56H,1-9H3. The third-order valence-electron chi connectivity index (χ3n) is 11.6. The van der Waals surface area contributed by atoms with Gasteiger partial charge >= 0.3 is 0 Å². The molecule has 0 aliphatic heterocycles. The van der Waals surface area contributed by atoms with Gasteiger partial charge in [-0.05, 0) is 94.3 Å². The van der Waals surface area contributed by atoms with E-state index in [4.69, 9.17) is 12.6 Å². The van der Waals surface area contributed by atoms with Crippen molar-refractivity contribution >= 4 is 119 Å². The largest absolute Gasteiger partial charge is 0.310 e. The van der Waals surface area contributed by atoms with E-state index < -0.39 is 24.2 Å². The van der Waals surface area contributed by atoms with E-state index in [0.717, 1.165) is 44.1 Å². The molecule has 8 aromatic carbocycles. The molecule has 4 nitrogen and oxygen atoms in total. The Hall–Kier alpha value is -5.62. The van der Waals surface area contributed by atoms with Crippen molar-refractivity contribution in [3.05, 3.63) is 145 Å². The van der Waals surface area contributed by atoms with Gasteiger partial charge in [0.05, 0.1) is 46.7 Å². The highest BCUT2D eigenvalue weighted by molar-refractivity contribution is 7.80. The lowest BCUT2D eigenvalue weighted by atomic mass is 9.91. The van der Waals surface area contributed by atoms with Crippen LogP contribution >= 0.6 is 12.6 Å². The molecule has 0 aliphatic carbocycles. The smallest absolute Gasteiger partial charge is 0.101 e. The summed E-state index contributed by atoms with van der Waals surface area (Å²) in [5.74, 6) is 0. The van der Waals surface area contributed by atoms with Gasteiger partial charge in [0.1, 0.15) is 12.1 Å². The van der Waals surface area contributed by atoms with Crippen molar-refractivity contribution in [2.24, 2.45) is 0 Å². The Labute approximate surface area is 357 Å². The summed E-state index contributed by atoms with van der Waals surface area (Å²) in [4.78, 5) is 5.61. The second-order valence-corrected chi connectivity index (χ2v) is 34.6. The molecule has 0 saturated carbocycles. The molecule has 0 saturated heterocycles. The first-order chi connectivity index (χ1) is 28.0. The van der Waals surface area contributed by atoms with Crippen LogP contribution in [-0.2, 0) is 0 Å². The van der Waals surface area contributed by atoms with Crippen LogP contribution in [0, 0.1) is 22.7 Å². The molecule has 8 heteroatoms. The number of nitriles is 2. The Balaban J connectivity index is 1.43. The fourth-order valence-electron chi connectivity index (χ4n) is 8.22. The van der Waals surface area contributed by atoms with Crippen LogP contribution in [0.1, 0.15) is 11.1 Å². The molecule has 0 aromatic heterocycles. The lowest BCUT2D eigenvalue weighted by Gasteiger charge is -2.32. The Morgan fingerprint density at radius 1 is 0.424 bits per heavy atom. The van der Waals surface area contributed by atoms with Crippen molar-refractivity contribution in [1.29, 1.82) is 10.5 Å². The van der Waals surface area contributed by atoms with Gasteiger partial charge in [0, 0.05) is 38.4 Å². The first kappa shape index (κ1) is 40.2. The van der Waals surface area contributed by atoms with Gasteiger partial charge in [-0.1, -0.05) is 135 Å². The number of thiol groups is 1. The molecule has 0 bridgehead atoms. The van der Waals surface area contributed by atoms with E-state index in [9.17, 15) is 10.5 Å². The molecule has 0 radical (unpaired) electrons. The summed E-state index contributed by atoms with van der Waals surface area (Å²) in [6, 6.07) is 52.9. The van der Waals surface area contributed by atoms with E-state index in [1.54, 1.807) is 6.07 Å². The van der Waals surface area contributed by atoms with Crippen LogP contribution in [0.3, 0.4) is 0 Å². The first-order valence-electron chi connectivity index (χ1n) is 20.3. The zero-order chi connectivity index (χ0) is 42.0. The maximum Gasteiger partial charge on any atom is 0.101 e. The molecule has 0 spiro atoms. The highest BCUT2D eigenvalue weighted by atomic mass is 32.1. The summed E-state index contributed by atoms with van der Waals surface area (Å²) in [6.07, 6.45) is 0. The molecule has 8 aromatic rings. The SMILES string of the molecule is C[Si](C)(C)c1cc(S)cc(N(c2ccc(C#N)c(C#N)c2)c2ccc3ccc4c(N(c5ccccc5)c5cc([Si](C)(C)C)cc([Si](C)(C)C)c5)ccc5ccc2c3c54)c1. The van der Waals surface area contributed by atoms with E-state index >= 15 is 0 Å². The number of hydrogen-bond acceptors (Lipinski definition) is 5. The summed E-state index contributed by atoms with van der Waals surface area (Å²) < 4.78 is 0. The van der Waals surface area contributed by atoms with Crippen molar-refractivity contribution in [3.8, 4) is 12.1 Å². The van der Waals surface area contributed by atoms with Crippen LogP contribution < -0.4 is 25.4 Å².